The summed E-state index contributed by atoms with van der Waals surface area (Å²) in [4.78, 5) is 11.2. The number of carbonyl (C=O) groups excluding carboxylic acids is 1. The molecule has 1 aromatic carbocycles. The van der Waals surface area contributed by atoms with E-state index in [9.17, 15) is 4.79 Å². The highest BCUT2D eigenvalue weighted by Gasteiger charge is 2.17. The van der Waals surface area contributed by atoms with Gasteiger partial charge in [0.1, 0.15) is 11.5 Å². The second kappa shape index (κ2) is 6.89. The number of hydrogen-bond acceptors (Lipinski definition) is 4. The minimum atomic E-state index is -0.215. The number of benzene rings is 1. The first-order chi connectivity index (χ1) is 8.56. The fourth-order valence-electron chi connectivity index (χ4n) is 1.50. The molecular formula is C14H20O4. The molecule has 0 spiro atoms. The lowest BCUT2D eigenvalue weighted by molar-refractivity contribution is -0.142. The Kier molecular flexibility index (Phi) is 5.49. The fourth-order valence-corrected chi connectivity index (χ4v) is 1.50. The van der Waals surface area contributed by atoms with Crippen LogP contribution in [0.3, 0.4) is 0 Å². The average molecular weight is 252 g/mol. The first-order valence-electron chi connectivity index (χ1n) is 5.94. The van der Waals surface area contributed by atoms with Crippen LogP contribution in [0, 0.1) is 5.92 Å². The van der Waals surface area contributed by atoms with Crippen LogP contribution in [0.1, 0.15) is 20.3 Å². The Balaban J connectivity index is 2.52. The molecule has 4 nitrogen and oxygen atoms in total. The van der Waals surface area contributed by atoms with Crippen molar-refractivity contribution in [3.8, 4) is 11.5 Å². The molecule has 0 heterocycles. The van der Waals surface area contributed by atoms with E-state index in [0.717, 1.165) is 11.5 Å². The molecule has 2 atom stereocenters. The van der Waals surface area contributed by atoms with Gasteiger partial charge in [0.25, 0.3) is 0 Å². The third-order valence-electron chi connectivity index (χ3n) is 2.90. The molecule has 0 aliphatic rings. The van der Waals surface area contributed by atoms with Gasteiger partial charge in [-0.15, -0.1) is 0 Å². The zero-order chi connectivity index (χ0) is 13.5. The molecule has 0 aliphatic carbocycles. The highest BCUT2D eigenvalue weighted by Crippen LogP contribution is 2.21. The molecule has 0 saturated heterocycles. The van der Waals surface area contributed by atoms with Crippen LogP contribution in [0.25, 0.3) is 0 Å². The van der Waals surface area contributed by atoms with Crippen molar-refractivity contribution in [2.45, 2.75) is 26.4 Å². The van der Waals surface area contributed by atoms with Crippen molar-refractivity contribution in [3.63, 3.8) is 0 Å². The van der Waals surface area contributed by atoms with Crippen LogP contribution >= 0.6 is 0 Å². The summed E-state index contributed by atoms with van der Waals surface area (Å²) in [5.74, 6) is 1.44. The highest BCUT2D eigenvalue weighted by molar-refractivity contribution is 5.69. The van der Waals surface area contributed by atoms with E-state index in [0.29, 0.717) is 6.42 Å². The first kappa shape index (κ1) is 14.4. The van der Waals surface area contributed by atoms with E-state index in [4.69, 9.17) is 9.47 Å². The maximum atomic E-state index is 11.2. The minimum absolute atomic E-state index is 0.0579. The van der Waals surface area contributed by atoms with Crippen LogP contribution < -0.4 is 9.47 Å². The van der Waals surface area contributed by atoms with E-state index in [-0.39, 0.29) is 18.0 Å². The number of rotatable bonds is 6. The van der Waals surface area contributed by atoms with Gasteiger partial charge in [-0.05, 0) is 31.2 Å². The summed E-state index contributed by atoms with van der Waals surface area (Å²) in [6, 6.07) is 7.38. The topological polar surface area (TPSA) is 44.8 Å². The largest absolute Gasteiger partial charge is 0.497 e. The normalized spacial score (nSPS) is 13.6. The molecule has 18 heavy (non-hydrogen) atoms. The van der Waals surface area contributed by atoms with Crippen molar-refractivity contribution >= 4 is 5.97 Å². The SMILES string of the molecule is COC(=O)CC(C)C(C)Oc1ccc(OC)cc1. The summed E-state index contributed by atoms with van der Waals surface area (Å²) in [6.45, 7) is 3.91. The van der Waals surface area contributed by atoms with E-state index in [1.807, 2.05) is 38.1 Å². The average Bonchev–Trinajstić information content (AvgIpc) is 2.39. The highest BCUT2D eigenvalue weighted by atomic mass is 16.5. The second-order valence-corrected chi connectivity index (χ2v) is 4.26. The van der Waals surface area contributed by atoms with Gasteiger partial charge in [-0.3, -0.25) is 4.79 Å². The minimum Gasteiger partial charge on any atom is -0.497 e. The molecule has 0 amide bonds. The predicted molar refractivity (Wildman–Crippen MR) is 68.9 cm³/mol. The maximum Gasteiger partial charge on any atom is 0.305 e. The monoisotopic (exact) mass is 252 g/mol. The van der Waals surface area contributed by atoms with Crippen LogP contribution in [0.2, 0.25) is 0 Å². The molecule has 4 heteroatoms. The first-order valence-corrected chi connectivity index (χ1v) is 5.94. The van der Waals surface area contributed by atoms with Gasteiger partial charge in [-0.1, -0.05) is 6.92 Å². The smallest absolute Gasteiger partial charge is 0.305 e. The van der Waals surface area contributed by atoms with Crippen molar-refractivity contribution in [1.29, 1.82) is 0 Å². The van der Waals surface area contributed by atoms with Crippen molar-refractivity contribution in [3.05, 3.63) is 24.3 Å². The van der Waals surface area contributed by atoms with Gasteiger partial charge in [0.15, 0.2) is 0 Å². The lowest BCUT2D eigenvalue weighted by Gasteiger charge is -2.20. The molecule has 2 unspecified atom stereocenters. The summed E-state index contributed by atoms with van der Waals surface area (Å²) in [7, 11) is 3.01. The van der Waals surface area contributed by atoms with Crippen LogP contribution in [0.5, 0.6) is 11.5 Å². The van der Waals surface area contributed by atoms with Gasteiger partial charge >= 0.3 is 5.97 Å². The van der Waals surface area contributed by atoms with Crippen molar-refractivity contribution < 1.29 is 19.0 Å². The van der Waals surface area contributed by atoms with Crippen LogP contribution in [-0.2, 0) is 9.53 Å². The fraction of sp³-hybridized carbons (Fsp3) is 0.500. The van der Waals surface area contributed by atoms with Crippen LogP contribution in [0.15, 0.2) is 24.3 Å². The Morgan fingerprint density at radius 2 is 1.67 bits per heavy atom. The lowest BCUT2D eigenvalue weighted by atomic mass is 10.0. The zero-order valence-corrected chi connectivity index (χ0v) is 11.3. The molecule has 0 radical (unpaired) electrons. The number of ether oxygens (including phenoxy) is 3. The standard InChI is InChI=1S/C14H20O4/c1-10(9-14(15)17-4)11(2)18-13-7-5-12(16-3)6-8-13/h5-8,10-11H,9H2,1-4H3. The zero-order valence-electron chi connectivity index (χ0n) is 11.3. The molecule has 0 bridgehead atoms. The Labute approximate surface area is 108 Å². The second-order valence-electron chi connectivity index (χ2n) is 4.26. The van der Waals surface area contributed by atoms with Crippen molar-refractivity contribution in [1.82, 2.24) is 0 Å². The van der Waals surface area contributed by atoms with E-state index >= 15 is 0 Å². The van der Waals surface area contributed by atoms with E-state index in [2.05, 4.69) is 4.74 Å². The van der Waals surface area contributed by atoms with Gasteiger partial charge < -0.3 is 14.2 Å². The molecule has 0 aromatic heterocycles. The third-order valence-corrected chi connectivity index (χ3v) is 2.90. The number of carbonyl (C=O) groups is 1. The quantitative estimate of drug-likeness (QED) is 0.730. The van der Waals surface area contributed by atoms with E-state index < -0.39 is 0 Å². The predicted octanol–water partition coefficient (Wildman–Crippen LogP) is 2.66. The molecule has 1 rings (SSSR count). The molecule has 0 aliphatic heterocycles. The van der Waals surface area contributed by atoms with E-state index in [1.165, 1.54) is 7.11 Å². The van der Waals surface area contributed by atoms with Gasteiger partial charge in [-0.25, -0.2) is 0 Å². The molecule has 0 N–H and O–H groups in total. The maximum absolute atomic E-state index is 11.2. The Bertz CT molecular complexity index is 372. The summed E-state index contributed by atoms with van der Waals surface area (Å²) >= 11 is 0. The lowest BCUT2D eigenvalue weighted by Crippen LogP contribution is -2.24. The molecule has 1 aromatic rings. The van der Waals surface area contributed by atoms with Gasteiger partial charge in [0.2, 0.25) is 0 Å². The van der Waals surface area contributed by atoms with Crippen LogP contribution in [-0.4, -0.2) is 26.3 Å². The van der Waals surface area contributed by atoms with Crippen molar-refractivity contribution in [2.24, 2.45) is 5.92 Å². The van der Waals surface area contributed by atoms with Gasteiger partial charge in [-0.2, -0.15) is 0 Å². The number of esters is 1. The Hall–Kier alpha value is -1.71. The molecular weight excluding hydrogens is 232 g/mol. The van der Waals surface area contributed by atoms with E-state index in [1.54, 1.807) is 7.11 Å². The van der Waals surface area contributed by atoms with Crippen LogP contribution in [0.4, 0.5) is 0 Å². The molecule has 0 saturated carbocycles. The third kappa shape index (κ3) is 4.28. The van der Waals surface area contributed by atoms with Gasteiger partial charge in [0, 0.05) is 5.92 Å². The van der Waals surface area contributed by atoms with Crippen molar-refractivity contribution in [2.75, 3.05) is 14.2 Å². The number of methoxy groups -OCH3 is 2. The summed E-state index contributed by atoms with van der Waals surface area (Å²) in [6.07, 6.45) is 0.297. The Morgan fingerprint density at radius 3 is 2.17 bits per heavy atom. The number of hydrogen-bond donors (Lipinski definition) is 0. The molecule has 0 fully saturated rings. The van der Waals surface area contributed by atoms with Gasteiger partial charge in [0.05, 0.1) is 26.7 Å². The molecule has 100 valence electrons. The Morgan fingerprint density at radius 1 is 1.11 bits per heavy atom. The summed E-state index contributed by atoms with van der Waals surface area (Å²) in [5, 5.41) is 0. The summed E-state index contributed by atoms with van der Waals surface area (Å²) < 4.78 is 15.5. The summed E-state index contributed by atoms with van der Waals surface area (Å²) in [5.41, 5.74) is 0.